The first-order chi connectivity index (χ1) is 6.84. The lowest BCUT2D eigenvalue weighted by Crippen LogP contribution is -2.36. The number of nitrogens with one attached hydrogen (secondary N) is 1. The fraction of sp³-hybridized carbons (Fsp3) is 1.00. The molecule has 1 aliphatic rings. The molecule has 2 heteroatoms. The summed E-state index contributed by atoms with van der Waals surface area (Å²) in [6, 6.07) is 0.677. The van der Waals surface area contributed by atoms with Crippen molar-refractivity contribution in [3.63, 3.8) is 0 Å². The van der Waals surface area contributed by atoms with E-state index in [1.807, 2.05) is 6.92 Å². The van der Waals surface area contributed by atoms with Crippen molar-refractivity contribution in [2.75, 3.05) is 19.8 Å². The maximum Gasteiger partial charge on any atom is 0.0590 e. The summed E-state index contributed by atoms with van der Waals surface area (Å²) in [4.78, 5) is 0. The third kappa shape index (κ3) is 4.43. The molecule has 0 aliphatic heterocycles. The molecule has 1 rings (SSSR count). The SMILES string of the molecule is CCOCCN[C@@H](C)C1CCCCC1. The Morgan fingerprint density at radius 3 is 2.64 bits per heavy atom. The zero-order valence-electron chi connectivity index (χ0n) is 9.72. The summed E-state index contributed by atoms with van der Waals surface area (Å²) in [7, 11) is 0. The Morgan fingerprint density at radius 1 is 1.29 bits per heavy atom. The molecule has 14 heavy (non-hydrogen) atoms. The van der Waals surface area contributed by atoms with Crippen LogP contribution in [-0.4, -0.2) is 25.8 Å². The van der Waals surface area contributed by atoms with Crippen LogP contribution in [0.3, 0.4) is 0 Å². The van der Waals surface area contributed by atoms with E-state index in [2.05, 4.69) is 12.2 Å². The number of ether oxygens (including phenoxy) is 1. The summed E-state index contributed by atoms with van der Waals surface area (Å²) >= 11 is 0. The van der Waals surface area contributed by atoms with Crippen LogP contribution in [0.15, 0.2) is 0 Å². The van der Waals surface area contributed by atoms with Crippen LogP contribution in [0.1, 0.15) is 46.0 Å². The van der Waals surface area contributed by atoms with Crippen LogP contribution in [0.5, 0.6) is 0 Å². The molecule has 1 atom stereocenters. The smallest absolute Gasteiger partial charge is 0.0590 e. The Kier molecular flexibility index (Phi) is 6.20. The maximum atomic E-state index is 5.31. The van der Waals surface area contributed by atoms with Gasteiger partial charge < -0.3 is 10.1 Å². The molecule has 1 fully saturated rings. The molecule has 2 nitrogen and oxygen atoms in total. The van der Waals surface area contributed by atoms with Crippen molar-refractivity contribution in [3.05, 3.63) is 0 Å². The Labute approximate surface area is 88.4 Å². The van der Waals surface area contributed by atoms with Crippen LogP contribution in [-0.2, 0) is 4.74 Å². The Bertz CT molecular complexity index is 132. The van der Waals surface area contributed by atoms with Gasteiger partial charge in [-0.05, 0) is 32.6 Å². The van der Waals surface area contributed by atoms with Gasteiger partial charge in [0, 0.05) is 19.2 Å². The van der Waals surface area contributed by atoms with E-state index < -0.39 is 0 Å². The minimum atomic E-state index is 0.677. The average molecular weight is 199 g/mol. The molecule has 1 N–H and O–H groups in total. The highest BCUT2D eigenvalue weighted by Gasteiger charge is 2.18. The second kappa shape index (κ2) is 7.24. The number of rotatable bonds is 6. The van der Waals surface area contributed by atoms with Crippen molar-refractivity contribution < 1.29 is 4.74 Å². The highest BCUT2D eigenvalue weighted by Crippen LogP contribution is 2.26. The lowest BCUT2D eigenvalue weighted by Gasteiger charge is -2.28. The fourth-order valence-corrected chi connectivity index (χ4v) is 2.30. The Morgan fingerprint density at radius 2 is 2.00 bits per heavy atom. The predicted octanol–water partition coefficient (Wildman–Crippen LogP) is 2.58. The van der Waals surface area contributed by atoms with Gasteiger partial charge in [-0.1, -0.05) is 19.3 Å². The van der Waals surface area contributed by atoms with Crippen molar-refractivity contribution >= 4 is 0 Å². The Balaban J connectivity index is 2.04. The molecule has 0 radical (unpaired) electrons. The molecule has 0 aromatic carbocycles. The van der Waals surface area contributed by atoms with Crippen LogP contribution < -0.4 is 5.32 Å². The van der Waals surface area contributed by atoms with Crippen LogP contribution >= 0.6 is 0 Å². The molecule has 0 aromatic heterocycles. The van der Waals surface area contributed by atoms with E-state index >= 15 is 0 Å². The third-order valence-electron chi connectivity index (χ3n) is 3.27. The second-order valence-corrected chi connectivity index (χ2v) is 4.34. The van der Waals surface area contributed by atoms with Crippen LogP contribution in [0, 0.1) is 5.92 Å². The topological polar surface area (TPSA) is 21.3 Å². The largest absolute Gasteiger partial charge is 0.380 e. The van der Waals surface area contributed by atoms with E-state index in [0.717, 1.165) is 25.7 Å². The summed E-state index contributed by atoms with van der Waals surface area (Å²) in [6.07, 6.45) is 7.15. The molecule has 84 valence electrons. The molecule has 1 aliphatic carbocycles. The molecule has 0 unspecified atom stereocenters. The van der Waals surface area contributed by atoms with Crippen molar-refractivity contribution in [2.24, 2.45) is 5.92 Å². The first-order valence-electron chi connectivity index (χ1n) is 6.15. The highest BCUT2D eigenvalue weighted by molar-refractivity contribution is 4.75. The molecule has 0 amide bonds. The minimum Gasteiger partial charge on any atom is -0.380 e. The summed E-state index contributed by atoms with van der Waals surface area (Å²) < 4.78 is 5.31. The molecular formula is C12H25NO. The van der Waals surface area contributed by atoms with E-state index in [-0.39, 0.29) is 0 Å². The van der Waals surface area contributed by atoms with Crippen molar-refractivity contribution in [2.45, 2.75) is 52.0 Å². The summed E-state index contributed by atoms with van der Waals surface area (Å²) in [6.45, 7) is 7.06. The summed E-state index contributed by atoms with van der Waals surface area (Å²) in [5, 5.41) is 3.56. The predicted molar refractivity (Wildman–Crippen MR) is 60.5 cm³/mol. The van der Waals surface area contributed by atoms with Crippen LogP contribution in [0.4, 0.5) is 0 Å². The summed E-state index contributed by atoms with van der Waals surface area (Å²) in [5.74, 6) is 0.908. The third-order valence-corrected chi connectivity index (χ3v) is 3.27. The van der Waals surface area contributed by atoms with E-state index in [0.29, 0.717) is 6.04 Å². The zero-order chi connectivity index (χ0) is 10.2. The quantitative estimate of drug-likeness (QED) is 0.664. The van der Waals surface area contributed by atoms with Gasteiger partial charge >= 0.3 is 0 Å². The van der Waals surface area contributed by atoms with Gasteiger partial charge in [0.05, 0.1) is 6.61 Å². The van der Waals surface area contributed by atoms with Crippen LogP contribution in [0.2, 0.25) is 0 Å². The number of hydrogen-bond acceptors (Lipinski definition) is 2. The molecule has 0 aromatic rings. The first-order valence-corrected chi connectivity index (χ1v) is 6.15. The van der Waals surface area contributed by atoms with Gasteiger partial charge in [-0.2, -0.15) is 0 Å². The summed E-state index contributed by atoms with van der Waals surface area (Å²) in [5.41, 5.74) is 0. The van der Waals surface area contributed by atoms with E-state index in [4.69, 9.17) is 4.74 Å². The standard InChI is InChI=1S/C12H25NO/c1-3-14-10-9-13-11(2)12-7-5-4-6-8-12/h11-13H,3-10H2,1-2H3/t11-/m0/s1. The van der Waals surface area contributed by atoms with Gasteiger partial charge in [-0.25, -0.2) is 0 Å². The number of hydrogen-bond donors (Lipinski definition) is 1. The Hall–Kier alpha value is -0.0800. The van der Waals surface area contributed by atoms with Crippen molar-refractivity contribution in [1.29, 1.82) is 0 Å². The lowest BCUT2D eigenvalue weighted by molar-refractivity contribution is 0.143. The minimum absolute atomic E-state index is 0.677. The second-order valence-electron chi connectivity index (χ2n) is 4.34. The monoisotopic (exact) mass is 199 g/mol. The van der Waals surface area contributed by atoms with E-state index in [9.17, 15) is 0 Å². The van der Waals surface area contributed by atoms with Crippen molar-refractivity contribution in [1.82, 2.24) is 5.32 Å². The van der Waals surface area contributed by atoms with E-state index in [1.165, 1.54) is 32.1 Å². The van der Waals surface area contributed by atoms with Gasteiger partial charge in [-0.3, -0.25) is 0 Å². The normalized spacial score (nSPS) is 21.0. The molecule has 0 saturated heterocycles. The fourth-order valence-electron chi connectivity index (χ4n) is 2.30. The zero-order valence-corrected chi connectivity index (χ0v) is 9.72. The van der Waals surface area contributed by atoms with Gasteiger partial charge in [0.25, 0.3) is 0 Å². The van der Waals surface area contributed by atoms with Gasteiger partial charge in [0.1, 0.15) is 0 Å². The lowest BCUT2D eigenvalue weighted by atomic mass is 9.84. The molecule has 0 bridgehead atoms. The van der Waals surface area contributed by atoms with Gasteiger partial charge in [0.2, 0.25) is 0 Å². The van der Waals surface area contributed by atoms with Gasteiger partial charge in [-0.15, -0.1) is 0 Å². The first kappa shape index (κ1) is 12.0. The highest BCUT2D eigenvalue weighted by atomic mass is 16.5. The van der Waals surface area contributed by atoms with Crippen LogP contribution in [0.25, 0.3) is 0 Å². The van der Waals surface area contributed by atoms with Crippen molar-refractivity contribution in [3.8, 4) is 0 Å². The molecule has 0 spiro atoms. The molecular weight excluding hydrogens is 174 g/mol. The maximum absolute atomic E-state index is 5.31. The van der Waals surface area contributed by atoms with E-state index in [1.54, 1.807) is 0 Å². The van der Waals surface area contributed by atoms with Gasteiger partial charge in [0.15, 0.2) is 0 Å². The molecule has 0 heterocycles. The average Bonchev–Trinajstić information content (AvgIpc) is 2.25. The molecule has 1 saturated carbocycles.